The van der Waals surface area contributed by atoms with Crippen molar-refractivity contribution in [3.05, 3.63) is 57.2 Å². The molecule has 31 heavy (non-hydrogen) atoms. The van der Waals surface area contributed by atoms with Gasteiger partial charge < -0.3 is 9.64 Å². The Labute approximate surface area is 184 Å². The topological polar surface area (TPSA) is 97.7 Å². The third-order valence-corrected chi connectivity index (χ3v) is 7.69. The van der Waals surface area contributed by atoms with Gasteiger partial charge in [0.05, 0.1) is 28.3 Å². The molecule has 2 aromatic carbocycles. The number of benzene rings is 2. The van der Waals surface area contributed by atoms with Gasteiger partial charge in [-0.05, 0) is 55.3 Å². The number of hydrogen-bond donors (Lipinski definition) is 1. The van der Waals surface area contributed by atoms with Crippen LogP contribution in [-0.2, 0) is 26.1 Å². The summed E-state index contributed by atoms with van der Waals surface area (Å²) in [7, 11) is -3.82. The number of carbonyl (C=O) groups is 1. The van der Waals surface area contributed by atoms with Crippen molar-refractivity contribution >= 4 is 43.2 Å². The molecule has 0 saturated carbocycles. The molecule has 1 saturated heterocycles. The van der Waals surface area contributed by atoms with Crippen molar-refractivity contribution in [3.63, 3.8) is 0 Å². The van der Waals surface area contributed by atoms with Crippen LogP contribution in [0.5, 0.6) is 0 Å². The van der Waals surface area contributed by atoms with Gasteiger partial charge in [-0.3, -0.25) is 18.9 Å². The maximum Gasteiger partial charge on any atom is 0.308 e. The molecule has 0 radical (unpaired) electrons. The van der Waals surface area contributed by atoms with Crippen LogP contribution in [0.25, 0.3) is 10.2 Å². The third kappa shape index (κ3) is 4.51. The van der Waals surface area contributed by atoms with Crippen LogP contribution in [0.4, 0.5) is 5.69 Å². The molecule has 8 nitrogen and oxygen atoms in total. The van der Waals surface area contributed by atoms with Crippen molar-refractivity contribution in [3.8, 4) is 0 Å². The summed E-state index contributed by atoms with van der Waals surface area (Å²) in [6.45, 7) is 5.77. The van der Waals surface area contributed by atoms with Crippen LogP contribution in [0.15, 0.2) is 46.1 Å². The Kier molecular flexibility index (Phi) is 5.87. The third-order valence-electron chi connectivity index (χ3n) is 5.37. The number of anilines is 1. The van der Waals surface area contributed by atoms with Crippen molar-refractivity contribution in [2.24, 2.45) is 0 Å². The lowest BCUT2D eigenvalue weighted by atomic mass is 10.1. The van der Waals surface area contributed by atoms with Gasteiger partial charge in [0, 0.05) is 18.8 Å². The number of fused-ring (bicyclic) bond motifs is 1. The summed E-state index contributed by atoms with van der Waals surface area (Å²) in [5, 5.41) is 0. The molecule has 0 unspecified atom stereocenters. The van der Waals surface area contributed by atoms with E-state index < -0.39 is 10.0 Å². The number of aryl methyl sites for hydroxylation is 2. The molecule has 10 heteroatoms. The molecule has 1 aliphatic rings. The molecule has 0 bridgehead atoms. The summed E-state index contributed by atoms with van der Waals surface area (Å²) in [6, 6.07) is 9.85. The highest BCUT2D eigenvalue weighted by Gasteiger charge is 2.21. The Morgan fingerprint density at radius 2 is 1.84 bits per heavy atom. The van der Waals surface area contributed by atoms with Gasteiger partial charge in [-0.15, -0.1) is 0 Å². The van der Waals surface area contributed by atoms with Gasteiger partial charge in [0.25, 0.3) is 10.0 Å². The Morgan fingerprint density at radius 3 is 2.55 bits per heavy atom. The molecular weight excluding hydrogens is 438 g/mol. The fourth-order valence-corrected chi connectivity index (χ4v) is 5.51. The molecule has 4 rings (SSSR count). The number of ether oxygens (including phenoxy) is 1. The van der Waals surface area contributed by atoms with Crippen molar-refractivity contribution < 1.29 is 17.9 Å². The van der Waals surface area contributed by atoms with Gasteiger partial charge in [-0.2, -0.15) is 0 Å². The predicted molar refractivity (Wildman–Crippen MR) is 120 cm³/mol. The second-order valence-corrected chi connectivity index (χ2v) is 10.2. The summed E-state index contributed by atoms with van der Waals surface area (Å²) in [6.07, 6.45) is 0. The molecular formula is C21H23N3O5S2. The lowest BCUT2D eigenvalue weighted by molar-refractivity contribution is -0.135. The number of carbonyl (C=O) groups excluding carboxylic acids is 1. The molecule has 1 amide bonds. The van der Waals surface area contributed by atoms with E-state index in [1.807, 2.05) is 19.9 Å². The van der Waals surface area contributed by atoms with Crippen LogP contribution in [0, 0.1) is 13.8 Å². The smallest absolute Gasteiger partial charge is 0.308 e. The SMILES string of the molecule is Cc1ccc(NS(=O)(=O)c2ccc3c(c2)sc(=O)n3CC(=O)N2CCOCC2)cc1C. The number of sulfonamides is 1. The summed E-state index contributed by atoms with van der Waals surface area (Å²) < 4.78 is 35.5. The minimum absolute atomic E-state index is 0.0612. The van der Waals surface area contributed by atoms with Crippen LogP contribution in [0.2, 0.25) is 0 Å². The predicted octanol–water partition coefficient (Wildman–Crippen LogP) is 2.34. The van der Waals surface area contributed by atoms with Crippen LogP contribution < -0.4 is 9.60 Å². The van der Waals surface area contributed by atoms with Gasteiger partial charge in [0.1, 0.15) is 6.54 Å². The molecule has 0 spiro atoms. The normalized spacial score (nSPS) is 14.7. The van der Waals surface area contributed by atoms with Gasteiger partial charge in [0.15, 0.2) is 0 Å². The number of hydrogen-bond acceptors (Lipinski definition) is 6. The largest absolute Gasteiger partial charge is 0.378 e. The van der Waals surface area contributed by atoms with Crippen molar-refractivity contribution in [1.82, 2.24) is 9.47 Å². The first-order valence-electron chi connectivity index (χ1n) is 9.83. The zero-order valence-electron chi connectivity index (χ0n) is 17.3. The van der Waals surface area contributed by atoms with E-state index in [0.29, 0.717) is 42.2 Å². The van der Waals surface area contributed by atoms with Crippen molar-refractivity contribution in [1.29, 1.82) is 0 Å². The molecule has 1 aromatic heterocycles. The first-order valence-corrected chi connectivity index (χ1v) is 12.1. The quantitative estimate of drug-likeness (QED) is 0.629. The molecule has 3 aromatic rings. The van der Waals surface area contributed by atoms with Gasteiger partial charge in [-0.25, -0.2) is 8.42 Å². The Balaban J connectivity index is 1.60. The van der Waals surface area contributed by atoms with E-state index in [9.17, 15) is 18.0 Å². The molecule has 164 valence electrons. The number of amides is 1. The van der Waals surface area contributed by atoms with E-state index in [2.05, 4.69) is 4.72 Å². The second kappa shape index (κ2) is 8.45. The molecule has 1 fully saturated rings. The van der Waals surface area contributed by atoms with E-state index in [0.717, 1.165) is 22.5 Å². The van der Waals surface area contributed by atoms with Gasteiger partial charge in [-0.1, -0.05) is 17.4 Å². The number of rotatable bonds is 5. The zero-order chi connectivity index (χ0) is 22.2. The Hall–Kier alpha value is -2.69. The number of nitrogens with one attached hydrogen (secondary N) is 1. The van der Waals surface area contributed by atoms with E-state index in [1.54, 1.807) is 23.1 Å². The zero-order valence-corrected chi connectivity index (χ0v) is 18.9. The van der Waals surface area contributed by atoms with E-state index >= 15 is 0 Å². The lowest BCUT2D eigenvalue weighted by Crippen LogP contribution is -2.43. The van der Waals surface area contributed by atoms with E-state index in [1.165, 1.54) is 16.7 Å². The van der Waals surface area contributed by atoms with Crippen molar-refractivity contribution in [2.45, 2.75) is 25.3 Å². The molecule has 1 N–H and O–H groups in total. The number of thiazole rings is 1. The molecule has 2 heterocycles. The highest BCUT2D eigenvalue weighted by molar-refractivity contribution is 7.92. The maximum absolute atomic E-state index is 12.9. The second-order valence-electron chi connectivity index (χ2n) is 7.48. The fraction of sp³-hybridized carbons (Fsp3) is 0.333. The summed E-state index contributed by atoms with van der Waals surface area (Å²) in [5.41, 5.74) is 3.07. The first-order chi connectivity index (χ1) is 14.7. The molecule has 0 atom stereocenters. The Bertz CT molecular complexity index is 1300. The number of aromatic nitrogens is 1. The van der Waals surface area contributed by atoms with Gasteiger partial charge in [0.2, 0.25) is 5.91 Å². The molecule has 1 aliphatic heterocycles. The minimum Gasteiger partial charge on any atom is -0.378 e. The Morgan fingerprint density at radius 1 is 1.10 bits per heavy atom. The standard InChI is InChI=1S/C21H23N3O5S2/c1-14-3-4-16(11-15(14)2)22-31(27,28)17-5-6-18-19(12-17)30-21(26)24(18)13-20(25)23-7-9-29-10-8-23/h3-6,11-12,22H,7-10,13H2,1-2H3. The van der Waals surface area contributed by atoms with E-state index in [4.69, 9.17) is 4.74 Å². The van der Waals surface area contributed by atoms with Crippen LogP contribution in [0.3, 0.4) is 0 Å². The summed E-state index contributed by atoms with van der Waals surface area (Å²) in [4.78, 5) is 26.5. The fourth-order valence-electron chi connectivity index (χ4n) is 3.43. The molecule has 0 aliphatic carbocycles. The highest BCUT2D eigenvalue weighted by Crippen LogP contribution is 2.24. The van der Waals surface area contributed by atoms with Crippen LogP contribution in [-0.4, -0.2) is 50.1 Å². The van der Waals surface area contributed by atoms with Crippen LogP contribution >= 0.6 is 11.3 Å². The highest BCUT2D eigenvalue weighted by atomic mass is 32.2. The van der Waals surface area contributed by atoms with Crippen LogP contribution in [0.1, 0.15) is 11.1 Å². The average molecular weight is 462 g/mol. The average Bonchev–Trinajstić information content (AvgIpc) is 3.05. The monoisotopic (exact) mass is 461 g/mol. The first kappa shape index (κ1) is 21.5. The van der Waals surface area contributed by atoms with Crippen molar-refractivity contribution in [2.75, 3.05) is 31.0 Å². The van der Waals surface area contributed by atoms with Gasteiger partial charge >= 0.3 is 4.87 Å². The maximum atomic E-state index is 12.9. The lowest BCUT2D eigenvalue weighted by Gasteiger charge is -2.26. The minimum atomic E-state index is -3.82. The number of nitrogens with zero attached hydrogens (tertiary/aromatic N) is 2. The summed E-state index contributed by atoms with van der Waals surface area (Å²) in [5.74, 6) is -0.154. The number of morpholine rings is 1. The summed E-state index contributed by atoms with van der Waals surface area (Å²) >= 11 is 0.928. The van der Waals surface area contributed by atoms with E-state index in [-0.39, 0.29) is 22.2 Å².